The lowest BCUT2D eigenvalue weighted by molar-refractivity contribution is 0.0746. The van der Waals surface area contributed by atoms with Gasteiger partial charge in [-0.15, -0.1) is 0 Å². The standard InChI is InChI=1S/C26H32N4O6S2/c1-28(17-19-5-4-16-36-19)38(32,33)20-8-6-18(7-9-20)25(31)29-12-14-30(15-13-29)26-27-23-22(37-26)11-10-21(34-2)24(23)35-3/h6-11,19H,4-5,12-17H2,1-3H3. The first kappa shape index (κ1) is 26.7. The molecule has 1 unspecified atom stereocenters. The minimum absolute atomic E-state index is 0.0677. The number of methoxy groups -OCH3 is 2. The van der Waals surface area contributed by atoms with Crippen LogP contribution in [0.5, 0.6) is 11.5 Å². The smallest absolute Gasteiger partial charge is 0.253 e. The van der Waals surface area contributed by atoms with Crippen LogP contribution in [0, 0.1) is 0 Å². The lowest BCUT2D eigenvalue weighted by Crippen LogP contribution is -2.48. The third kappa shape index (κ3) is 5.18. The average molecular weight is 561 g/mol. The molecule has 0 radical (unpaired) electrons. The number of fused-ring (bicyclic) bond motifs is 1. The third-order valence-electron chi connectivity index (χ3n) is 7.02. The SMILES string of the molecule is COc1ccc2sc(N3CCN(C(=O)c4ccc(S(=O)(=O)N(C)CC5CCCO5)cc4)CC3)nc2c1OC. The Bertz CT molecular complexity index is 1400. The maximum atomic E-state index is 13.2. The van der Waals surface area contributed by atoms with Gasteiger partial charge in [-0.05, 0) is 49.2 Å². The molecule has 3 heterocycles. The third-order valence-corrected chi connectivity index (χ3v) is 9.94. The predicted molar refractivity (Wildman–Crippen MR) is 146 cm³/mol. The molecular weight excluding hydrogens is 528 g/mol. The summed E-state index contributed by atoms with van der Waals surface area (Å²) in [6, 6.07) is 10.0. The van der Waals surface area contributed by atoms with Crippen LogP contribution < -0.4 is 14.4 Å². The number of carbonyl (C=O) groups is 1. The summed E-state index contributed by atoms with van der Waals surface area (Å²) in [5, 5.41) is 0.875. The molecule has 0 saturated carbocycles. The first-order valence-electron chi connectivity index (χ1n) is 12.6. The number of carbonyl (C=O) groups excluding carboxylic acids is 1. The second-order valence-corrected chi connectivity index (χ2v) is 12.4. The Labute approximate surface area is 226 Å². The predicted octanol–water partition coefficient (Wildman–Crippen LogP) is 3.08. The first-order valence-corrected chi connectivity index (χ1v) is 14.8. The zero-order chi connectivity index (χ0) is 26.9. The number of hydrogen-bond donors (Lipinski definition) is 0. The Hall–Kier alpha value is -2.93. The number of piperazine rings is 1. The van der Waals surface area contributed by atoms with Crippen molar-refractivity contribution in [2.75, 3.05) is 65.5 Å². The van der Waals surface area contributed by atoms with Crippen molar-refractivity contribution < 1.29 is 27.4 Å². The second-order valence-electron chi connectivity index (χ2n) is 9.37. The molecule has 10 nitrogen and oxygen atoms in total. The Morgan fingerprint density at radius 1 is 1.11 bits per heavy atom. The number of amides is 1. The van der Waals surface area contributed by atoms with Crippen LogP contribution in [0.4, 0.5) is 5.13 Å². The summed E-state index contributed by atoms with van der Waals surface area (Å²) < 4.78 is 44.7. The molecule has 2 aliphatic heterocycles. The summed E-state index contributed by atoms with van der Waals surface area (Å²) in [6.07, 6.45) is 1.75. The summed E-state index contributed by atoms with van der Waals surface area (Å²) in [4.78, 5) is 22.1. The number of hydrogen-bond acceptors (Lipinski definition) is 9. The van der Waals surface area contributed by atoms with Crippen LogP contribution in [0.3, 0.4) is 0 Å². The Balaban J connectivity index is 1.22. The number of aromatic nitrogens is 1. The Kier molecular flexibility index (Phi) is 7.75. The van der Waals surface area contributed by atoms with E-state index in [-0.39, 0.29) is 16.9 Å². The summed E-state index contributed by atoms with van der Waals surface area (Å²) >= 11 is 1.58. The highest BCUT2D eigenvalue weighted by Gasteiger charge is 2.28. The van der Waals surface area contributed by atoms with Crippen molar-refractivity contribution in [3.05, 3.63) is 42.0 Å². The van der Waals surface area contributed by atoms with Gasteiger partial charge in [0.2, 0.25) is 10.0 Å². The second kappa shape index (κ2) is 11.0. The van der Waals surface area contributed by atoms with Gasteiger partial charge < -0.3 is 24.0 Å². The van der Waals surface area contributed by atoms with Gasteiger partial charge in [-0.1, -0.05) is 11.3 Å². The van der Waals surface area contributed by atoms with Crippen LogP contribution in [0.2, 0.25) is 0 Å². The molecule has 2 saturated heterocycles. The maximum Gasteiger partial charge on any atom is 0.253 e. The molecule has 0 N–H and O–H groups in total. The van der Waals surface area contributed by atoms with Crippen LogP contribution in [-0.4, -0.2) is 95.2 Å². The molecule has 1 atom stereocenters. The Morgan fingerprint density at radius 3 is 2.47 bits per heavy atom. The monoisotopic (exact) mass is 560 g/mol. The summed E-state index contributed by atoms with van der Waals surface area (Å²) in [5.74, 6) is 1.14. The van der Waals surface area contributed by atoms with Crippen molar-refractivity contribution in [3.63, 3.8) is 0 Å². The molecule has 1 aromatic heterocycles. The number of nitrogens with zero attached hydrogens (tertiary/aromatic N) is 4. The lowest BCUT2D eigenvalue weighted by atomic mass is 10.2. The molecule has 3 aromatic rings. The van der Waals surface area contributed by atoms with E-state index in [1.165, 1.54) is 16.4 Å². The summed E-state index contributed by atoms with van der Waals surface area (Å²) in [7, 11) is 1.12. The van der Waals surface area contributed by atoms with E-state index in [0.717, 1.165) is 28.2 Å². The summed E-state index contributed by atoms with van der Waals surface area (Å²) in [5.41, 5.74) is 1.23. The van der Waals surface area contributed by atoms with Crippen LogP contribution in [0.1, 0.15) is 23.2 Å². The van der Waals surface area contributed by atoms with Crippen molar-refractivity contribution in [1.29, 1.82) is 0 Å². The van der Waals surface area contributed by atoms with Crippen LogP contribution in [-0.2, 0) is 14.8 Å². The zero-order valence-electron chi connectivity index (χ0n) is 21.8. The van der Waals surface area contributed by atoms with Gasteiger partial charge in [0.05, 0.1) is 29.9 Å². The summed E-state index contributed by atoms with van der Waals surface area (Å²) in [6.45, 7) is 3.37. The molecule has 0 aliphatic carbocycles. The van der Waals surface area contributed by atoms with Crippen molar-refractivity contribution in [2.24, 2.45) is 0 Å². The number of benzene rings is 2. The van der Waals surface area contributed by atoms with Gasteiger partial charge in [-0.3, -0.25) is 4.79 Å². The lowest BCUT2D eigenvalue weighted by Gasteiger charge is -2.34. The molecule has 2 fully saturated rings. The molecule has 0 spiro atoms. The molecule has 204 valence electrons. The van der Waals surface area contributed by atoms with Gasteiger partial charge >= 0.3 is 0 Å². The number of ether oxygens (including phenoxy) is 3. The number of thiazole rings is 1. The fourth-order valence-electron chi connectivity index (χ4n) is 4.84. The molecule has 2 aliphatic rings. The maximum absolute atomic E-state index is 13.2. The van der Waals surface area contributed by atoms with E-state index in [1.807, 2.05) is 12.1 Å². The van der Waals surface area contributed by atoms with Crippen molar-refractivity contribution in [1.82, 2.24) is 14.2 Å². The van der Waals surface area contributed by atoms with Crippen molar-refractivity contribution in [2.45, 2.75) is 23.8 Å². The number of likely N-dealkylation sites (N-methyl/N-ethyl adjacent to an activating group) is 1. The van der Waals surface area contributed by atoms with Crippen LogP contribution >= 0.6 is 11.3 Å². The van der Waals surface area contributed by atoms with Gasteiger partial charge in [-0.2, -0.15) is 4.31 Å². The van der Waals surface area contributed by atoms with Gasteiger partial charge in [0.25, 0.3) is 5.91 Å². The average Bonchev–Trinajstić information content (AvgIpc) is 3.62. The van der Waals surface area contributed by atoms with Gasteiger partial charge in [0.1, 0.15) is 5.52 Å². The number of rotatable bonds is 8. The highest BCUT2D eigenvalue weighted by molar-refractivity contribution is 7.89. The van der Waals surface area contributed by atoms with Crippen LogP contribution in [0.15, 0.2) is 41.3 Å². The van der Waals surface area contributed by atoms with Gasteiger partial charge in [0.15, 0.2) is 16.6 Å². The fraction of sp³-hybridized carbons (Fsp3) is 0.462. The van der Waals surface area contributed by atoms with Gasteiger partial charge in [-0.25, -0.2) is 13.4 Å². The molecule has 5 rings (SSSR count). The molecule has 38 heavy (non-hydrogen) atoms. The minimum atomic E-state index is -3.65. The molecule has 0 bridgehead atoms. The zero-order valence-corrected chi connectivity index (χ0v) is 23.4. The quantitative estimate of drug-likeness (QED) is 0.414. The van der Waals surface area contributed by atoms with E-state index in [2.05, 4.69) is 4.90 Å². The van der Waals surface area contributed by atoms with Gasteiger partial charge in [0, 0.05) is 51.9 Å². The van der Waals surface area contributed by atoms with Crippen LogP contribution in [0.25, 0.3) is 10.2 Å². The largest absolute Gasteiger partial charge is 0.493 e. The highest BCUT2D eigenvalue weighted by Crippen LogP contribution is 2.40. The molecule has 1 amide bonds. The van der Waals surface area contributed by atoms with E-state index < -0.39 is 10.0 Å². The minimum Gasteiger partial charge on any atom is -0.493 e. The highest BCUT2D eigenvalue weighted by atomic mass is 32.2. The molecular formula is C26H32N4O6S2. The topological polar surface area (TPSA) is 102 Å². The van der Waals surface area contributed by atoms with Crippen molar-refractivity contribution >= 4 is 42.6 Å². The van der Waals surface area contributed by atoms with Crippen molar-refractivity contribution in [3.8, 4) is 11.5 Å². The first-order chi connectivity index (χ1) is 18.3. The fourth-order valence-corrected chi connectivity index (χ4v) is 7.06. The van der Waals surface area contributed by atoms with E-state index in [1.54, 1.807) is 49.6 Å². The van der Waals surface area contributed by atoms with E-state index in [9.17, 15) is 13.2 Å². The number of sulfonamides is 1. The van der Waals surface area contributed by atoms with E-state index in [4.69, 9.17) is 19.2 Å². The van der Waals surface area contributed by atoms with E-state index >= 15 is 0 Å². The normalized spacial score (nSPS) is 18.4. The number of anilines is 1. The van der Waals surface area contributed by atoms with E-state index in [0.29, 0.717) is 56.4 Å². The molecule has 2 aromatic carbocycles. The Morgan fingerprint density at radius 2 is 1.84 bits per heavy atom. The molecule has 12 heteroatoms.